The van der Waals surface area contributed by atoms with Crippen LogP contribution in [0, 0.1) is 5.82 Å². The van der Waals surface area contributed by atoms with E-state index >= 15 is 4.39 Å². The second kappa shape index (κ2) is 10.7. The Bertz CT molecular complexity index is 1440. The molecular weight excluding hydrogens is 493 g/mol. The van der Waals surface area contributed by atoms with Crippen molar-refractivity contribution in [2.45, 2.75) is 58.0 Å². The quantitative estimate of drug-likeness (QED) is 0.302. The van der Waals surface area contributed by atoms with Gasteiger partial charge in [-0.3, -0.25) is 14.6 Å². The first kappa shape index (κ1) is 24.9. The molecule has 1 saturated carbocycles. The van der Waals surface area contributed by atoms with Crippen LogP contribution in [0.4, 0.5) is 10.1 Å². The first-order valence-corrected chi connectivity index (χ1v) is 13.2. The van der Waals surface area contributed by atoms with Gasteiger partial charge >= 0.3 is 0 Å². The Morgan fingerprint density at radius 3 is 2.68 bits per heavy atom. The summed E-state index contributed by atoms with van der Waals surface area (Å²) >= 11 is 1.48. The molecule has 0 atom stereocenters. The third-order valence-corrected chi connectivity index (χ3v) is 7.74. The smallest absolute Gasteiger partial charge is 0.236 e. The molecule has 1 aromatic carbocycles. The van der Waals surface area contributed by atoms with Gasteiger partial charge in [0.15, 0.2) is 11.6 Å². The Balaban J connectivity index is 1.43. The maximum absolute atomic E-state index is 15.3. The molecule has 3 heterocycles. The van der Waals surface area contributed by atoms with E-state index in [1.54, 1.807) is 24.7 Å². The van der Waals surface area contributed by atoms with E-state index in [1.165, 1.54) is 28.4 Å². The van der Waals surface area contributed by atoms with Gasteiger partial charge in [-0.15, -0.1) is 11.3 Å². The van der Waals surface area contributed by atoms with Gasteiger partial charge in [0.1, 0.15) is 12.2 Å². The number of thiophene rings is 1. The Hall–Kier alpha value is -3.79. The molecule has 0 aliphatic heterocycles. The van der Waals surface area contributed by atoms with Crippen LogP contribution in [-0.4, -0.2) is 32.4 Å². The van der Waals surface area contributed by atoms with Crippen molar-refractivity contribution in [3.63, 3.8) is 0 Å². The zero-order valence-electron chi connectivity index (χ0n) is 20.5. The molecular formula is C27H28FN5O3S. The van der Waals surface area contributed by atoms with Crippen molar-refractivity contribution in [1.29, 1.82) is 0 Å². The fraction of sp³-hybridized carbons (Fsp3) is 0.333. The number of benzene rings is 1. The number of aromatic nitrogens is 3. The molecule has 37 heavy (non-hydrogen) atoms. The van der Waals surface area contributed by atoms with Crippen molar-refractivity contribution in [3.8, 4) is 22.1 Å². The fourth-order valence-electron chi connectivity index (χ4n) is 4.75. The van der Waals surface area contributed by atoms with Crippen LogP contribution in [0.2, 0.25) is 0 Å². The lowest BCUT2D eigenvalue weighted by Gasteiger charge is -2.34. The molecule has 1 aliphatic carbocycles. The van der Waals surface area contributed by atoms with Gasteiger partial charge in [0.05, 0.1) is 27.1 Å². The van der Waals surface area contributed by atoms with Crippen LogP contribution in [0.15, 0.2) is 49.1 Å². The number of primary amides is 1. The third kappa shape index (κ3) is 5.34. The summed E-state index contributed by atoms with van der Waals surface area (Å²) in [6.07, 6.45) is 9.63. The number of hydrogen-bond donors (Lipinski definition) is 1. The molecule has 8 nitrogen and oxygen atoms in total. The van der Waals surface area contributed by atoms with Crippen LogP contribution in [-0.2, 0) is 16.1 Å². The van der Waals surface area contributed by atoms with E-state index in [0.29, 0.717) is 11.4 Å². The molecule has 0 radical (unpaired) electrons. The summed E-state index contributed by atoms with van der Waals surface area (Å²) in [5, 5.41) is 0. The Kier molecular flexibility index (Phi) is 7.18. The minimum Gasteiger partial charge on any atom is -0.453 e. The minimum atomic E-state index is -0.704. The van der Waals surface area contributed by atoms with E-state index in [4.69, 9.17) is 10.5 Å². The zero-order chi connectivity index (χ0) is 25.9. The highest BCUT2D eigenvalue weighted by molar-refractivity contribution is 7.22. The second-order valence-electron chi connectivity index (χ2n) is 9.14. The van der Waals surface area contributed by atoms with Gasteiger partial charge in [-0.05, 0) is 38.0 Å². The first-order chi connectivity index (χ1) is 17.9. The molecule has 3 aromatic heterocycles. The van der Waals surface area contributed by atoms with Gasteiger partial charge in [-0.25, -0.2) is 9.37 Å². The van der Waals surface area contributed by atoms with Crippen molar-refractivity contribution in [1.82, 2.24) is 14.5 Å². The van der Waals surface area contributed by atoms with Crippen molar-refractivity contribution in [2.24, 2.45) is 5.73 Å². The number of pyridine rings is 1. The molecule has 0 saturated heterocycles. The number of nitrogens with zero attached hydrogens (tertiary/aromatic N) is 4. The SMILES string of the molecule is CCn1cnc(-c2cc3nccc(Oc4ccc(N(C(=O)CC(N)=O)C5CCCCC5)cc4F)c3s2)c1. The third-order valence-electron chi connectivity index (χ3n) is 6.57. The number of carbonyl (C=O) groups is 2. The summed E-state index contributed by atoms with van der Waals surface area (Å²) in [5.74, 6) is -1.21. The molecule has 0 spiro atoms. The summed E-state index contributed by atoms with van der Waals surface area (Å²) in [6, 6.07) is 8.01. The number of carbonyl (C=O) groups excluding carboxylic acids is 2. The summed E-state index contributed by atoms with van der Waals surface area (Å²) < 4.78 is 24.1. The highest BCUT2D eigenvalue weighted by Crippen LogP contribution is 2.40. The maximum Gasteiger partial charge on any atom is 0.236 e. The topological polar surface area (TPSA) is 103 Å². The Labute approximate surface area is 217 Å². The summed E-state index contributed by atoms with van der Waals surface area (Å²) in [5.41, 5.74) is 7.26. The lowest BCUT2D eigenvalue weighted by Crippen LogP contribution is -2.43. The molecule has 2 N–H and O–H groups in total. The molecule has 4 aromatic rings. The number of nitrogens with two attached hydrogens (primary N) is 1. The number of rotatable bonds is 8. The van der Waals surface area contributed by atoms with Crippen LogP contribution in [0.5, 0.6) is 11.5 Å². The molecule has 1 fully saturated rings. The number of aryl methyl sites for hydroxylation is 1. The standard InChI is InChI=1S/C27H28FN5O3S/c1-2-32-15-21(31-16-32)24-13-20-27(37-24)23(10-11-30-20)36-22-9-8-18(12-19(22)28)33(26(35)14-25(29)34)17-6-4-3-5-7-17/h8-13,15-17H,2-7,14H2,1H3,(H2,29,34). The van der Waals surface area contributed by atoms with Crippen LogP contribution in [0.3, 0.4) is 0 Å². The van der Waals surface area contributed by atoms with E-state index in [-0.39, 0.29) is 11.8 Å². The number of fused-ring (bicyclic) bond motifs is 1. The number of amides is 2. The van der Waals surface area contributed by atoms with Crippen LogP contribution in [0.1, 0.15) is 45.4 Å². The largest absolute Gasteiger partial charge is 0.453 e. The highest BCUT2D eigenvalue weighted by Gasteiger charge is 2.28. The van der Waals surface area contributed by atoms with Gasteiger partial charge < -0.3 is 19.9 Å². The van der Waals surface area contributed by atoms with Crippen LogP contribution >= 0.6 is 11.3 Å². The lowest BCUT2D eigenvalue weighted by molar-refractivity contribution is -0.126. The predicted octanol–water partition coefficient (Wildman–Crippen LogP) is 5.65. The minimum absolute atomic E-state index is 0.0346. The molecule has 2 amide bonds. The van der Waals surface area contributed by atoms with Gasteiger partial charge in [0, 0.05) is 42.8 Å². The highest BCUT2D eigenvalue weighted by atomic mass is 32.1. The fourth-order valence-corrected chi connectivity index (χ4v) is 5.78. The molecule has 5 rings (SSSR count). The predicted molar refractivity (Wildman–Crippen MR) is 141 cm³/mol. The summed E-state index contributed by atoms with van der Waals surface area (Å²) in [7, 11) is 0. The second-order valence-corrected chi connectivity index (χ2v) is 10.2. The van der Waals surface area contributed by atoms with Crippen LogP contribution < -0.4 is 15.4 Å². The van der Waals surface area contributed by atoms with Gasteiger partial charge in [0.25, 0.3) is 0 Å². The zero-order valence-corrected chi connectivity index (χ0v) is 21.3. The first-order valence-electron chi connectivity index (χ1n) is 12.4. The molecule has 192 valence electrons. The molecule has 10 heteroatoms. The number of ether oxygens (including phenoxy) is 1. The average molecular weight is 522 g/mol. The van der Waals surface area contributed by atoms with Crippen molar-refractivity contribution < 1.29 is 18.7 Å². The Morgan fingerprint density at radius 2 is 1.97 bits per heavy atom. The maximum atomic E-state index is 15.3. The number of imidazole rings is 1. The van der Waals surface area contributed by atoms with Gasteiger partial charge in [-0.2, -0.15) is 0 Å². The lowest BCUT2D eigenvalue weighted by atomic mass is 9.93. The summed E-state index contributed by atoms with van der Waals surface area (Å²) in [6.45, 7) is 2.87. The monoisotopic (exact) mass is 521 g/mol. The number of halogens is 1. The van der Waals surface area contributed by atoms with Crippen molar-refractivity contribution in [3.05, 3.63) is 54.9 Å². The van der Waals surface area contributed by atoms with E-state index in [9.17, 15) is 9.59 Å². The van der Waals surface area contributed by atoms with Crippen molar-refractivity contribution in [2.75, 3.05) is 4.90 Å². The van der Waals surface area contributed by atoms with Crippen LogP contribution in [0.25, 0.3) is 20.8 Å². The van der Waals surface area contributed by atoms with E-state index in [0.717, 1.165) is 59.4 Å². The number of hydrogen-bond acceptors (Lipinski definition) is 6. The molecule has 1 aliphatic rings. The normalized spacial score (nSPS) is 14.1. The van der Waals surface area contributed by atoms with E-state index in [2.05, 4.69) is 9.97 Å². The summed E-state index contributed by atoms with van der Waals surface area (Å²) in [4.78, 5) is 35.7. The molecule has 0 bridgehead atoms. The van der Waals surface area contributed by atoms with Gasteiger partial charge in [0.2, 0.25) is 11.8 Å². The molecule has 0 unspecified atom stereocenters. The Morgan fingerprint density at radius 1 is 1.16 bits per heavy atom. The van der Waals surface area contributed by atoms with E-state index in [1.807, 2.05) is 23.8 Å². The average Bonchev–Trinajstić information content (AvgIpc) is 3.53. The number of anilines is 1. The van der Waals surface area contributed by atoms with Gasteiger partial charge in [-0.1, -0.05) is 19.3 Å². The van der Waals surface area contributed by atoms with Crippen molar-refractivity contribution >= 4 is 39.1 Å². The van der Waals surface area contributed by atoms with E-state index < -0.39 is 24.1 Å².